The molecule has 7 heteroatoms. The summed E-state index contributed by atoms with van der Waals surface area (Å²) in [6, 6.07) is 6.15. The van der Waals surface area contributed by atoms with E-state index in [2.05, 4.69) is 5.16 Å². The molecule has 0 fully saturated rings. The highest BCUT2D eigenvalue weighted by Gasteiger charge is 2.12. The summed E-state index contributed by atoms with van der Waals surface area (Å²) in [4.78, 5) is 0.240. The van der Waals surface area contributed by atoms with Crippen LogP contribution in [0.25, 0.3) is 0 Å². The van der Waals surface area contributed by atoms with Crippen LogP contribution >= 0.6 is 0 Å². The van der Waals surface area contributed by atoms with Gasteiger partial charge in [0.2, 0.25) is 0 Å². The van der Waals surface area contributed by atoms with Crippen molar-refractivity contribution in [2.24, 2.45) is 10.9 Å². The molecule has 19 heavy (non-hydrogen) atoms. The molecule has 0 aliphatic rings. The molecule has 0 aliphatic carbocycles. The van der Waals surface area contributed by atoms with Crippen molar-refractivity contribution in [3.63, 3.8) is 0 Å². The van der Waals surface area contributed by atoms with Crippen LogP contribution in [0.3, 0.4) is 0 Å². The highest BCUT2D eigenvalue weighted by atomic mass is 32.2. The predicted octanol–water partition coefficient (Wildman–Crippen LogP) is 1.38. The van der Waals surface area contributed by atoms with Gasteiger partial charge in [-0.25, -0.2) is 8.42 Å². The molecule has 106 valence electrons. The van der Waals surface area contributed by atoms with Crippen molar-refractivity contribution in [3.8, 4) is 5.75 Å². The molecule has 1 unspecified atom stereocenters. The Kier molecular flexibility index (Phi) is 5.17. The Morgan fingerprint density at radius 2 is 2.00 bits per heavy atom. The summed E-state index contributed by atoms with van der Waals surface area (Å²) in [5.41, 5.74) is 5.42. The number of hydrogen-bond donors (Lipinski definition) is 2. The molecule has 6 nitrogen and oxygen atoms in total. The van der Waals surface area contributed by atoms with Gasteiger partial charge in [0.05, 0.1) is 4.90 Å². The second-order valence-electron chi connectivity index (χ2n) is 4.19. The standard InChI is InChI=1S/C12H18N2O4S/c1-3-9(8-12(13)14-15)18-10-4-6-11(7-5-10)19(2,16)17/h4-7,9,15H,3,8H2,1-2H3,(H2,13,14). The first kappa shape index (κ1) is 15.3. The number of nitrogens with two attached hydrogens (primary N) is 1. The average Bonchev–Trinajstić information content (AvgIpc) is 2.37. The van der Waals surface area contributed by atoms with Crippen molar-refractivity contribution in [3.05, 3.63) is 24.3 Å². The van der Waals surface area contributed by atoms with E-state index in [4.69, 9.17) is 15.7 Å². The maximum Gasteiger partial charge on any atom is 0.175 e. The molecule has 3 N–H and O–H groups in total. The second kappa shape index (κ2) is 6.42. The Morgan fingerprint density at radius 3 is 2.42 bits per heavy atom. The van der Waals surface area contributed by atoms with E-state index in [1.165, 1.54) is 12.1 Å². The van der Waals surface area contributed by atoms with Crippen LogP contribution in [0.5, 0.6) is 5.75 Å². The average molecular weight is 286 g/mol. The topological polar surface area (TPSA) is 102 Å². The lowest BCUT2D eigenvalue weighted by atomic mass is 10.2. The van der Waals surface area contributed by atoms with Crippen LogP contribution < -0.4 is 10.5 Å². The van der Waals surface area contributed by atoms with E-state index >= 15 is 0 Å². The lowest BCUT2D eigenvalue weighted by Crippen LogP contribution is -2.24. The van der Waals surface area contributed by atoms with Crippen molar-refractivity contribution in [2.75, 3.05) is 6.26 Å². The summed E-state index contributed by atoms with van der Waals surface area (Å²) in [6.45, 7) is 1.92. The number of nitrogens with zero attached hydrogens (tertiary/aromatic N) is 1. The van der Waals surface area contributed by atoms with Gasteiger partial charge in [-0.05, 0) is 30.7 Å². The molecular weight excluding hydrogens is 268 g/mol. The van der Waals surface area contributed by atoms with Gasteiger partial charge in [-0.3, -0.25) is 0 Å². The van der Waals surface area contributed by atoms with Gasteiger partial charge in [-0.15, -0.1) is 0 Å². The van der Waals surface area contributed by atoms with E-state index in [1.807, 2.05) is 6.92 Å². The highest BCUT2D eigenvalue weighted by molar-refractivity contribution is 7.90. The molecular formula is C12H18N2O4S. The minimum absolute atomic E-state index is 0.0969. The van der Waals surface area contributed by atoms with Gasteiger partial charge >= 0.3 is 0 Å². The van der Waals surface area contributed by atoms with Crippen LogP contribution in [0.4, 0.5) is 0 Å². The number of ether oxygens (including phenoxy) is 1. The fourth-order valence-corrected chi connectivity index (χ4v) is 2.13. The lowest BCUT2D eigenvalue weighted by molar-refractivity contribution is 0.202. The van der Waals surface area contributed by atoms with E-state index < -0.39 is 9.84 Å². The summed E-state index contributed by atoms with van der Waals surface area (Å²) in [7, 11) is -3.20. The van der Waals surface area contributed by atoms with Gasteiger partial charge < -0.3 is 15.7 Å². The summed E-state index contributed by atoms with van der Waals surface area (Å²) >= 11 is 0. The van der Waals surface area contributed by atoms with Crippen molar-refractivity contribution in [1.82, 2.24) is 0 Å². The normalized spacial score (nSPS) is 14.1. The predicted molar refractivity (Wildman–Crippen MR) is 72.3 cm³/mol. The Hall–Kier alpha value is -1.76. The summed E-state index contributed by atoms with van der Waals surface area (Å²) in [5.74, 6) is 0.643. The first-order chi connectivity index (χ1) is 8.86. The number of hydrogen-bond acceptors (Lipinski definition) is 5. The lowest BCUT2D eigenvalue weighted by Gasteiger charge is -2.16. The second-order valence-corrected chi connectivity index (χ2v) is 6.20. The summed E-state index contributed by atoms with van der Waals surface area (Å²) < 4.78 is 28.2. The van der Waals surface area contributed by atoms with Crippen LogP contribution in [0.15, 0.2) is 34.3 Å². The maximum absolute atomic E-state index is 11.3. The summed E-state index contributed by atoms with van der Waals surface area (Å²) in [5, 5.41) is 11.4. The molecule has 1 aromatic carbocycles. The zero-order valence-electron chi connectivity index (χ0n) is 10.9. The largest absolute Gasteiger partial charge is 0.490 e. The Balaban J connectivity index is 2.76. The van der Waals surface area contributed by atoms with Gasteiger partial charge in [-0.1, -0.05) is 12.1 Å². The van der Waals surface area contributed by atoms with E-state index in [0.717, 1.165) is 6.26 Å². The van der Waals surface area contributed by atoms with Crippen molar-refractivity contribution < 1.29 is 18.4 Å². The SMILES string of the molecule is CCC(C/C(N)=N/O)Oc1ccc(S(C)(=O)=O)cc1. The maximum atomic E-state index is 11.3. The Bertz CT molecular complexity index is 537. The number of oxime groups is 1. The molecule has 0 aromatic heterocycles. The molecule has 0 saturated heterocycles. The monoisotopic (exact) mass is 286 g/mol. The van der Waals surface area contributed by atoms with Gasteiger partial charge in [0, 0.05) is 12.7 Å². The van der Waals surface area contributed by atoms with Crippen molar-refractivity contribution in [1.29, 1.82) is 0 Å². The number of amidine groups is 1. The molecule has 0 amide bonds. The first-order valence-electron chi connectivity index (χ1n) is 5.80. The molecule has 1 atom stereocenters. The smallest absolute Gasteiger partial charge is 0.175 e. The van der Waals surface area contributed by atoms with Gasteiger partial charge in [-0.2, -0.15) is 0 Å². The van der Waals surface area contributed by atoms with Crippen LogP contribution in [-0.4, -0.2) is 31.8 Å². The van der Waals surface area contributed by atoms with Gasteiger partial charge in [0.25, 0.3) is 0 Å². The minimum atomic E-state index is -3.20. The van der Waals surface area contributed by atoms with Crippen LogP contribution in [0.1, 0.15) is 19.8 Å². The van der Waals surface area contributed by atoms with E-state index in [-0.39, 0.29) is 16.8 Å². The van der Waals surface area contributed by atoms with Gasteiger partial charge in [0.1, 0.15) is 17.7 Å². The molecule has 1 rings (SSSR count). The van der Waals surface area contributed by atoms with E-state index in [1.54, 1.807) is 12.1 Å². The molecule has 1 aromatic rings. The van der Waals surface area contributed by atoms with Crippen LogP contribution in [0, 0.1) is 0 Å². The third-order valence-corrected chi connectivity index (χ3v) is 3.70. The molecule has 0 aliphatic heterocycles. The van der Waals surface area contributed by atoms with Crippen LogP contribution in [0.2, 0.25) is 0 Å². The van der Waals surface area contributed by atoms with Crippen molar-refractivity contribution >= 4 is 15.7 Å². The molecule has 0 spiro atoms. The number of benzene rings is 1. The molecule has 0 bridgehead atoms. The first-order valence-corrected chi connectivity index (χ1v) is 7.69. The zero-order chi connectivity index (χ0) is 14.5. The fraction of sp³-hybridized carbons (Fsp3) is 0.417. The molecule has 0 saturated carbocycles. The molecule has 0 radical (unpaired) electrons. The Labute approximate surface area is 112 Å². The number of sulfone groups is 1. The van der Waals surface area contributed by atoms with E-state index in [0.29, 0.717) is 18.6 Å². The third-order valence-electron chi connectivity index (χ3n) is 2.58. The van der Waals surface area contributed by atoms with E-state index in [9.17, 15) is 8.42 Å². The van der Waals surface area contributed by atoms with Crippen molar-refractivity contribution in [2.45, 2.75) is 30.8 Å². The minimum Gasteiger partial charge on any atom is -0.490 e. The van der Waals surface area contributed by atoms with Crippen LogP contribution in [-0.2, 0) is 9.84 Å². The third kappa shape index (κ3) is 4.78. The zero-order valence-corrected chi connectivity index (χ0v) is 11.7. The summed E-state index contributed by atoms with van der Waals surface area (Å²) in [6.07, 6.45) is 1.92. The fourth-order valence-electron chi connectivity index (χ4n) is 1.50. The molecule has 0 heterocycles. The Morgan fingerprint density at radius 1 is 1.42 bits per heavy atom. The highest BCUT2D eigenvalue weighted by Crippen LogP contribution is 2.18. The quantitative estimate of drug-likeness (QED) is 0.356. The van der Waals surface area contributed by atoms with Gasteiger partial charge in [0.15, 0.2) is 9.84 Å². The number of rotatable bonds is 6.